The number of halogens is 2. The van der Waals surface area contributed by atoms with Crippen molar-refractivity contribution in [1.82, 2.24) is 10.2 Å². The highest BCUT2D eigenvalue weighted by Gasteiger charge is 2.31. The maximum atomic E-state index is 13.4. The molecule has 3 rings (SSSR count). The van der Waals surface area contributed by atoms with E-state index in [1.54, 1.807) is 11.0 Å². The third kappa shape index (κ3) is 6.51. The topological polar surface area (TPSA) is 58.6 Å². The van der Waals surface area contributed by atoms with Crippen LogP contribution in [0.15, 0.2) is 65.1 Å². The molecule has 0 saturated heterocycles. The first-order chi connectivity index (χ1) is 16.1. The van der Waals surface area contributed by atoms with E-state index in [4.69, 9.17) is 16.3 Å². The molecule has 3 aromatic rings. The van der Waals surface area contributed by atoms with Gasteiger partial charge in [0.05, 0.1) is 4.47 Å². The summed E-state index contributed by atoms with van der Waals surface area (Å²) in [6.45, 7) is 7.63. The van der Waals surface area contributed by atoms with E-state index in [1.807, 2.05) is 82.3 Å². The van der Waals surface area contributed by atoms with Gasteiger partial charge in [-0.3, -0.25) is 9.59 Å². The highest BCUT2D eigenvalue weighted by Crippen LogP contribution is 2.33. The zero-order valence-electron chi connectivity index (χ0n) is 19.9. The van der Waals surface area contributed by atoms with Crippen LogP contribution in [0.25, 0.3) is 10.8 Å². The van der Waals surface area contributed by atoms with E-state index in [0.717, 1.165) is 20.8 Å². The van der Waals surface area contributed by atoms with E-state index in [0.29, 0.717) is 17.2 Å². The zero-order valence-corrected chi connectivity index (χ0v) is 22.2. The minimum Gasteiger partial charge on any atom is -0.483 e. The fourth-order valence-electron chi connectivity index (χ4n) is 3.73. The Bertz CT molecular complexity index is 1180. The van der Waals surface area contributed by atoms with Crippen LogP contribution in [0.2, 0.25) is 5.02 Å². The SMILES string of the molecule is CC[C@H](C(=O)NC(C)(C)C)N(Cc1ccccc1Cl)C(=O)COc1ccc2ccccc2c1Br. The molecule has 0 heterocycles. The number of rotatable bonds is 8. The summed E-state index contributed by atoms with van der Waals surface area (Å²) in [5, 5.41) is 5.61. The van der Waals surface area contributed by atoms with Gasteiger partial charge in [0.1, 0.15) is 11.8 Å². The largest absolute Gasteiger partial charge is 0.483 e. The smallest absolute Gasteiger partial charge is 0.261 e. The molecule has 0 fully saturated rings. The molecule has 0 spiro atoms. The van der Waals surface area contributed by atoms with E-state index < -0.39 is 11.6 Å². The fraction of sp³-hybridized carbons (Fsp3) is 0.333. The Balaban J connectivity index is 1.86. The highest BCUT2D eigenvalue weighted by atomic mass is 79.9. The number of ether oxygens (including phenoxy) is 1. The second-order valence-electron chi connectivity index (χ2n) is 9.16. The third-order valence-corrected chi connectivity index (χ3v) is 6.55. The van der Waals surface area contributed by atoms with Crippen molar-refractivity contribution < 1.29 is 14.3 Å². The molecule has 2 amide bonds. The van der Waals surface area contributed by atoms with E-state index in [9.17, 15) is 9.59 Å². The Labute approximate surface area is 214 Å². The van der Waals surface area contributed by atoms with Gasteiger partial charge < -0.3 is 15.0 Å². The maximum absolute atomic E-state index is 13.4. The molecule has 0 unspecified atom stereocenters. The average molecular weight is 546 g/mol. The van der Waals surface area contributed by atoms with E-state index in [2.05, 4.69) is 21.2 Å². The molecule has 5 nitrogen and oxygen atoms in total. The average Bonchev–Trinajstić information content (AvgIpc) is 2.78. The maximum Gasteiger partial charge on any atom is 0.261 e. The van der Waals surface area contributed by atoms with E-state index in [-0.39, 0.29) is 25.0 Å². The van der Waals surface area contributed by atoms with Crippen LogP contribution >= 0.6 is 27.5 Å². The standard InChI is InChI=1S/C27H30BrClN2O3/c1-5-22(26(33)30-27(2,3)4)31(16-19-11-7-9-13-21(19)29)24(32)17-34-23-15-14-18-10-6-8-12-20(18)25(23)28/h6-15,22H,5,16-17H2,1-4H3,(H,30,33)/t22-/m1/s1. The molecule has 34 heavy (non-hydrogen) atoms. The van der Waals surface area contributed by atoms with Gasteiger partial charge in [0.25, 0.3) is 5.91 Å². The molecule has 0 aliphatic heterocycles. The molecule has 0 aromatic heterocycles. The van der Waals surface area contributed by atoms with Crippen molar-refractivity contribution in [3.8, 4) is 5.75 Å². The first kappa shape index (κ1) is 26.0. The van der Waals surface area contributed by atoms with E-state index >= 15 is 0 Å². The molecule has 0 radical (unpaired) electrons. The summed E-state index contributed by atoms with van der Waals surface area (Å²) in [4.78, 5) is 28.1. The van der Waals surface area contributed by atoms with Gasteiger partial charge in [-0.05, 0) is 71.6 Å². The predicted octanol–water partition coefficient (Wildman–Crippen LogP) is 6.36. The second-order valence-corrected chi connectivity index (χ2v) is 10.4. The number of amides is 2. The minimum absolute atomic E-state index is 0.205. The summed E-state index contributed by atoms with van der Waals surface area (Å²) >= 11 is 9.98. The Morgan fingerprint density at radius 3 is 2.41 bits per heavy atom. The molecular formula is C27H30BrClN2O3. The number of carbonyl (C=O) groups is 2. The molecule has 180 valence electrons. The van der Waals surface area contributed by atoms with Crippen LogP contribution in [0.4, 0.5) is 0 Å². The van der Waals surface area contributed by atoms with Gasteiger partial charge in [-0.25, -0.2) is 0 Å². The molecule has 0 bridgehead atoms. The van der Waals surface area contributed by atoms with Gasteiger partial charge in [-0.15, -0.1) is 0 Å². The summed E-state index contributed by atoms with van der Waals surface area (Å²) in [7, 11) is 0. The second kappa shape index (κ2) is 11.2. The first-order valence-corrected chi connectivity index (χ1v) is 12.4. The van der Waals surface area contributed by atoms with Crippen LogP contribution < -0.4 is 10.1 Å². The Kier molecular flexibility index (Phi) is 8.61. The summed E-state index contributed by atoms with van der Waals surface area (Å²) < 4.78 is 6.71. The van der Waals surface area contributed by atoms with Crippen molar-refractivity contribution >= 4 is 50.1 Å². The molecule has 1 N–H and O–H groups in total. The first-order valence-electron chi connectivity index (χ1n) is 11.3. The Hall–Kier alpha value is -2.57. The van der Waals surface area contributed by atoms with Crippen molar-refractivity contribution in [2.75, 3.05) is 6.61 Å². The van der Waals surface area contributed by atoms with Crippen LogP contribution in [-0.2, 0) is 16.1 Å². The summed E-state index contributed by atoms with van der Waals surface area (Å²) in [6, 6.07) is 18.4. The van der Waals surface area contributed by atoms with Crippen molar-refractivity contribution in [3.05, 3.63) is 75.7 Å². The zero-order chi connectivity index (χ0) is 24.9. The number of hydrogen-bond acceptors (Lipinski definition) is 3. The Morgan fingerprint density at radius 1 is 1.06 bits per heavy atom. The molecule has 0 aliphatic rings. The summed E-state index contributed by atoms with van der Waals surface area (Å²) in [5.74, 6) is 0.0649. The lowest BCUT2D eigenvalue weighted by molar-refractivity contribution is -0.143. The van der Waals surface area contributed by atoms with Crippen LogP contribution in [0, 0.1) is 0 Å². The number of nitrogens with zero attached hydrogens (tertiary/aromatic N) is 1. The molecule has 7 heteroatoms. The number of carbonyl (C=O) groups excluding carboxylic acids is 2. The predicted molar refractivity (Wildman–Crippen MR) is 141 cm³/mol. The molecule has 1 atom stereocenters. The van der Waals surface area contributed by atoms with Crippen molar-refractivity contribution in [2.24, 2.45) is 0 Å². The normalized spacial score (nSPS) is 12.3. The quantitative estimate of drug-likeness (QED) is 0.358. The highest BCUT2D eigenvalue weighted by molar-refractivity contribution is 9.10. The van der Waals surface area contributed by atoms with Gasteiger partial charge in [-0.1, -0.05) is 67.1 Å². The monoisotopic (exact) mass is 544 g/mol. The third-order valence-electron chi connectivity index (χ3n) is 5.36. The van der Waals surface area contributed by atoms with Gasteiger partial charge >= 0.3 is 0 Å². The minimum atomic E-state index is -0.661. The van der Waals surface area contributed by atoms with Gasteiger partial charge in [0.15, 0.2) is 6.61 Å². The lowest BCUT2D eigenvalue weighted by Crippen LogP contribution is -2.54. The number of hydrogen-bond donors (Lipinski definition) is 1. The number of nitrogens with one attached hydrogen (secondary N) is 1. The number of benzene rings is 3. The van der Waals surface area contributed by atoms with Gasteiger partial charge in [0.2, 0.25) is 5.91 Å². The van der Waals surface area contributed by atoms with Crippen molar-refractivity contribution in [2.45, 2.75) is 52.2 Å². The Morgan fingerprint density at radius 2 is 1.74 bits per heavy atom. The number of fused-ring (bicyclic) bond motifs is 1. The lowest BCUT2D eigenvalue weighted by Gasteiger charge is -2.33. The van der Waals surface area contributed by atoms with Gasteiger partial charge in [-0.2, -0.15) is 0 Å². The van der Waals surface area contributed by atoms with Crippen molar-refractivity contribution in [3.63, 3.8) is 0 Å². The molecule has 0 aliphatic carbocycles. The van der Waals surface area contributed by atoms with Gasteiger partial charge in [0, 0.05) is 17.1 Å². The van der Waals surface area contributed by atoms with Crippen molar-refractivity contribution in [1.29, 1.82) is 0 Å². The molecular weight excluding hydrogens is 516 g/mol. The van der Waals surface area contributed by atoms with E-state index in [1.165, 1.54) is 0 Å². The lowest BCUT2D eigenvalue weighted by atomic mass is 10.1. The summed E-state index contributed by atoms with van der Waals surface area (Å²) in [5.41, 5.74) is 0.349. The van der Waals surface area contributed by atoms with Crippen LogP contribution in [-0.4, -0.2) is 34.9 Å². The van der Waals surface area contributed by atoms with Crippen LogP contribution in [0.5, 0.6) is 5.75 Å². The fourth-order valence-corrected chi connectivity index (χ4v) is 4.53. The molecule has 0 saturated carbocycles. The molecule has 3 aromatic carbocycles. The van der Waals surface area contributed by atoms with Crippen LogP contribution in [0.1, 0.15) is 39.7 Å². The van der Waals surface area contributed by atoms with Crippen LogP contribution in [0.3, 0.4) is 0 Å². The summed E-state index contributed by atoms with van der Waals surface area (Å²) in [6.07, 6.45) is 0.456.